The Morgan fingerprint density at radius 1 is 1.43 bits per heavy atom. The molecule has 0 radical (unpaired) electrons. The Kier molecular flexibility index (Phi) is 6.20. The van der Waals surface area contributed by atoms with Crippen molar-refractivity contribution in [3.8, 4) is 12.3 Å². The number of halogens is 3. The first-order valence-corrected chi connectivity index (χ1v) is 7.26. The standard InChI is InChI=1S/C12H15F3N2O3S/c1-2-4-21-5-3-16-11(20)17-6-8(10(18)19)9(7-17)12(13,14)15/h1,8-9H,3-7H2,(H,16,20)(H,18,19)/t8-,9-/m1/s1. The van der Waals surface area contributed by atoms with Crippen LogP contribution in [0.3, 0.4) is 0 Å². The van der Waals surface area contributed by atoms with Gasteiger partial charge in [0, 0.05) is 25.4 Å². The van der Waals surface area contributed by atoms with Crippen LogP contribution in [-0.4, -0.2) is 59.3 Å². The van der Waals surface area contributed by atoms with Gasteiger partial charge in [-0.15, -0.1) is 18.2 Å². The second kappa shape index (κ2) is 7.45. The van der Waals surface area contributed by atoms with Crippen molar-refractivity contribution in [3.05, 3.63) is 0 Å². The zero-order valence-corrected chi connectivity index (χ0v) is 11.8. The number of amides is 2. The number of carboxylic acids is 1. The predicted molar refractivity (Wildman–Crippen MR) is 71.8 cm³/mol. The van der Waals surface area contributed by atoms with Crippen molar-refractivity contribution in [1.82, 2.24) is 10.2 Å². The van der Waals surface area contributed by atoms with E-state index in [1.165, 1.54) is 11.8 Å². The summed E-state index contributed by atoms with van der Waals surface area (Å²) in [6, 6.07) is -0.686. The fourth-order valence-corrected chi connectivity index (χ4v) is 2.53. The number of hydrogen-bond donors (Lipinski definition) is 2. The monoisotopic (exact) mass is 324 g/mol. The molecule has 0 spiro atoms. The van der Waals surface area contributed by atoms with E-state index in [0.29, 0.717) is 11.5 Å². The number of terminal acetylenes is 1. The summed E-state index contributed by atoms with van der Waals surface area (Å²) in [5, 5.41) is 11.3. The molecular weight excluding hydrogens is 309 g/mol. The molecule has 9 heteroatoms. The number of carbonyl (C=O) groups is 2. The van der Waals surface area contributed by atoms with Gasteiger partial charge in [0.25, 0.3) is 0 Å². The average molecular weight is 324 g/mol. The van der Waals surface area contributed by atoms with Gasteiger partial charge in [-0.25, -0.2) is 4.79 Å². The van der Waals surface area contributed by atoms with E-state index in [0.717, 1.165) is 4.90 Å². The third-order valence-electron chi connectivity index (χ3n) is 3.05. The lowest BCUT2D eigenvalue weighted by Crippen LogP contribution is -2.40. The highest BCUT2D eigenvalue weighted by Crippen LogP contribution is 2.37. The number of alkyl halides is 3. The van der Waals surface area contributed by atoms with E-state index < -0.39 is 43.1 Å². The smallest absolute Gasteiger partial charge is 0.394 e. The molecule has 0 unspecified atom stereocenters. The van der Waals surface area contributed by atoms with Gasteiger partial charge in [-0.2, -0.15) is 13.2 Å². The molecule has 0 aromatic carbocycles. The van der Waals surface area contributed by atoms with E-state index >= 15 is 0 Å². The Labute approximate surface area is 124 Å². The Morgan fingerprint density at radius 2 is 2.10 bits per heavy atom. The minimum Gasteiger partial charge on any atom is -0.481 e. The number of urea groups is 1. The summed E-state index contributed by atoms with van der Waals surface area (Å²) in [7, 11) is 0. The van der Waals surface area contributed by atoms with Crippen LogP contribution in [0.4, 0.5) is 18.0 Å². The van der Waals surface area contributed by atoms with Crippen LogP contribution in [0.2, 0.25) is 0 Å². The average Bonchev–Trinajstić information content (AvgIpc) is 2.83. The predicted octanol–water partition coefficient (Wildman–Crippen LogP) is 1.26. The molecule has 1 rings (SSSR count). The number of thioether (sulfide) groups is 1. The highest BCUT2D eigenvalue weighted by Gasteiger charge is 2.53. The lowest BCUT2D eigenvalue weighted by molar-refractivity contribution is -0.187. The number of nitrogens with one attached hydrogen (secondary N) is 1. The Bertz CT molecular complexity index is 436. The van der Waals surface area contributed by atoms with Crippen LogP contribution in [0.5, 0.6) is 0 Å². The van der Waals surface area contributed by atoms with Crippen LogP contribution in [0.25, 0.3) is 0 Å². The minimum atomic E-state index is -4.64. The fraction of sp³-hybridized carbons (Fsp3) is 0.667. The molecule has 0 bridgehead atoms. The second-order valence-electron chi connectivity index (χ2n) is 4.49. The lowest BCUT2D eigenvalue weighted by Gasteiger charge is -2.18. The van der Waals surface area contributed by atoms with E-state index in [1.54, 1.807) is 0 Å². The van der Waals surface area contributed by atoms with Crippen molar-refractivity contribution < 1.29 is 27.9 Å². The summed E-state index contributed by atoms with van der Waals surface area (Å²) >= 11 is 1.40. The first-order valence-electron chi connectivity index (χ1n) is 6.11. The van der Waals surface area contributed by atoms with E-state index in [1.807, 2.05) is 0 Å². The summed E-state index contributed by atoms with van der Waals surface area (Å²) in [5.41, 5.74) is 0. The molecule has 2 amide bonds. The van der Waals surface area contributed by atoms with Crippen molar-refractivity contribution in [1.29, 1.82) is 0 Å². The molecule has 0 aromatic rings. The number of likely N-dealkylation sites (tertiary alicyclic amines) is 1. The quantitative estimate of drug-likeness (QED) is 0.590. The number of rotatable bonds is 5. The van der Waals surface area contributed by atoms with Crippen LogP contribution in [0.15, 0.2) is 0 Å². The number of carbonyl (C=O) groups excluding carboxylic acids is 1. The van der Waals surface area contributed by atoms with Crippen LogP contribution in [0, 0.1) is 24.2 Å². The summed E-state index contributed by atoms with van der Waals surface area (Å²) < 4.78 is 38.3. The molecule has 0 aliphatic carbocycles. The molecule has 1 heterocycles. The van der Waals surface area contributed by atoms with E-state index in [4.69, 9.17) is 11.5 Å². The fourth-order valence-electron chi connectivity index (χ4n) is 2.02. The second-order valence-corrected chi connectivity index (χ2v) is 5.59. The summed E-state index contributed by atoms with van der Waals surface area (Å²) in [6.45, 7) is -0.817. The third kappa shape index (κ3) is 5.04. The van der Waals surface area contributed by atoms with Gasteiger partial charge in [0.2, 0.25) is 0 Å². The Hall–Kier alpha value is -1.56. The maximum Gasteiger partial charge on any atom is 0.394 e. The van der Waals surface area contributed by atoms with Crippen molar-refractivity contribution in [2.24, 2.45) is 11.8 Å². The molecule has 0 saturated carbocycles. The summed E-state index contributed by atoms with van der Waals surface area (Å²) in [6.07, 6.45) is 0.403. The molecule has 1 aliphatic heterocycles. The van der Waals surface area contributed by atoms with E-state index in [-0.39, 0.29) is 6.54 Å². The molecule has 2 atom stereocenters. The molecule has 0 aromatic heterocycles. The van der Waals surface area contributed by atoms with Crippen molar-refractivity contribution >= 4 is 23.8 Å². The molecule has 5 nitrogen and oxygen atoms in total. The molecular formula is C12H15F3N2O3S. The molecule has 118 valence electrons. The topological polar surface area (TPSA) is 69.6 Å². The van der Waals surface area contributed by atoms with E-state index in [2.05, 4.69) is 11.2 Å². The van der Waals surface area contributed by atoms with Crippen LogP contribution < -0.4 is 5.32 Å². The van der Waals surface area contributed by atoms with Crippen molar-refractivity contribution in [3.63, 3.8) is 0 Å². The largest absolute Gasteiger partial charge is 0.481 e. The normalized spacial score (nSPS) is 21.9. The van der Waals surface area contributed by atoms with Gasteiger partial charge < -0.3 is 15.3 Å². The number of aliphatic carboxylic acids is 1. The number of nitrogens with zero attached hydrogens (tertiary/aromatic N) is 1. The zero-order valence-electron chi connectivity index (χ0n) is 11.0. The first-order chi connectivity index (χ1) is 9.77. The Morgan fingerprint density at radius 3 is 2.57 bits per heavy atom. The molecule has 21 heavy (non-hydrogen) atoms. The third-order valence-corrected chi connectivity index (χ3v) is 3.92. The maximum absolute atomic E-state index is 12.8. The molecule has 2 N–H and O–H groups in total. The van der Waals surface area contributed by atoms with Crippen molar-refractivity contribution in [2.45, 2.75) is 6.18 Å². The number of carboxylic acid groups (broad SMARTS) is 1. The Balaban J connectivity index is 2.51. The van der Waals surface area contributed by atoms with Crippen LogP contribution >= 0.6 is 11.8 Å². The maximum atomic E-state index is 12.8. The zero-order chi connectivity index (χ0) is 16.0. The van der Waals surface area contributed by atoms with Crippen LogP contribution in [-0.2, 0) is 4.79 Å². The van der Waals surface area contributed by atoms with Gasteiger partial charge in [0.05, 0.1) is 17.6 Å². The SMILES string of the molecule is C#CCSCCNC(=O)N1C[C@@H](C(F)(F)F)[C@H](C(=O)O)C1. The van der Waals surface area contributed by atoms with Gasteiger partial charge in [-0.05, 0) is 0 Å². The molecule has 1 fully saturated rings. The minimum absolute atomic E-state index is 0.260. The van der Waals surface area contributed by atoms with Gasteiger partial charge >= 0.3 is 18.2 Å². The van der Waals surface area contributed by atoms with Crippen LogP contribution in [0.1, 0.15) is 0 Å². The number of hydrogen-bond acceptors (Lipinski definition) is 3. The van der Waals surface area contributed by atoms with Gasteiger partial charge in [0.1, 0.15) is 0 Å². The van der Waals surface area contributed by atoms with Gasteiger partial charge in [0.15, 0.2) is 0 Å². The van der Waals surface area contributed by atoms with Gasteiger partial charge in [-0.3, -0.25) is 4.79 Å². The van der Waals surface area contributed by atoms with Crippen molar-refractivity contribution in [2.75, 3.05) is 31.1 Å². The van der Waals surface area contributed by atoms with Gasteiger partial charge in [-0.1, -0.05) is 5.92 Å². The molecule has 1 aliphatic rings. The molecule has 1 saturated heterocycles. The highest BCUT2D eigenvalue weighted by molar-refractivity contribution is 7.99. The lowest BCUT2D eigenvalue weighted by atomic mass is 9.96. The summed E-state index contributed by atoms with van der Waals surface area (Å²) in [4.78, 5) is 23.5. The summed E-state index contributed by atoms with van der Waals surface area (Å²) in [5.74, 6) is -1.77. The van der Waals surface area contributed by atoms with E-state index in [9.17, 15) is 22.8 Å². The highest BCUT2D eigenvalue weighted by atomic mass is 32.2. The first kappa shape index (κ1) is 17.5.